The average molecular weight is 364 g/mol. The highest BCUT2D eigenvalue weighted by Crippen LogP contribution is 2.40. The van der Waals surface area contributed by atoms with Crippen LogP contribution in [0.4, 0.5) is 11.4 Å². The van der Waals surface area contributed by atoms with E-state index in [-0.39, 0.29) is 0 Å². The Morgan fingerprint density at radius 1 is 0.750 bits per heavy atom. The van der Waals surface area contributed by atoms with Crippen LogP contribution in [0.2, 0.25) is 0 Å². The second kappa shape index (κ2) is 7.14. The molecule has 0 radical (unpaired) electrons. The molecule has 1 N–H and O–H groups in total. The van der Waals surface area contributed by atoms with Gasteiger partial charge in [0.1, 0.15) is 0 Å². The standard InChI is InChI=1S/C26H24N2/c1-19(24-15-8-18-27-24)28(25-16-6-11-20-9-2-4-13-22(20)25)26-17-7-12-21-10-3-5-14-23(21)26/h2-7,9-14,16-17,24,27H,1,8,15,18H2. The second-order valence-electron chi connectivity index (χ2n) is 7.47. The van der Waals surface area contributed by atoms with E-state index >= 15 is 0 Å². The smallest absolute Gasteiger partial charge is 0.0537 e. The second-order valence-corrected chi connectivity index (χ2v) is 7.47. The number of rotatable bonds is 4. The quantitative estimate of drug-likeness (QED) is 0.451. The molecule has 1 heterocycles. The topological polar surface area (TPSA) is 15.3 Å². The highest BCUT2D eigenvalue weighted by atomic mass is 15.2. The third-order valence-corrected chi connectivity index (χ3v) is 5.76. The Balaban J connectivity index is 1.76. The lowest BCUT2D eigenvalue weighted by atomic mass is 10.0. The van der Waals surface area contributed by atoms with Gasteiger partial charge in [0.05, 0.1) is 11.4 Å². The normalized spacial score (nSPS) is 16.5. The molecule has 1 fully saturated rings. The molecule has 2 heteroatoms. The Kier molecular flexibility index (Phi) is 4.34. The summed E-state index contributed by atoms with van der Waals surface area (Å²) < 4.78 is 0. The van der Waals surface area contributed by atoms with Crippen molar-refractivity contribution < 1.29 is 0 Å². The summed E-state index contributed by atoms with van der Waals surface area (Å²) in [6.07, 6.45) is 2.33. The van der Waals surface area contributed by atoms with Crippen LogP contribution in [0.3, 0.4) is 0 Å². The fourth-order valence-corrected chi connectivity index (χ4v) is 4.37. The average Bonchev–Trinajstić information content (AvgIpc) is 3.29. The first-order valence-electron chi connectivity index (χ1n) is 10.0. The summed E-state index contributed by atoms with van der Waals surface area (Å²) in [6.45, 7) is 5.62. The fourth-order valence-electron chi connectivity index (χ4n) is 4.37. The molecule has 4 aromatic rings. The van der Waals surface area contributed by atoms with Gasteiger partial charge in [0, 0.05) is 22.5 Å². The lowest BCUT2D eigenvalue weighted by Gasteiger charge is -2.32. The van der Waals surface area contributed by atoms with Crippen molar-refractivity contribution in [3.05, 3.63) is 97.2 Å². The number of hydrogen-bond acceptors (Lipinski definition) is 2. The number of hydrogen-bond donors (Lipinski definition) is 1. The van der Waals surface area contributed by atoms with Crippen molar-refractivity contribution in [3.63, 3.8) is 0 Å². The molecule has 1 unspecified atom stereocenters. The van der Waals surface area contributed by atoms with E-state index < -0.39 is 0 Å². The van der Waals surface area contributed by atoms with E-state index in [2.05, 4.69) is 102 Å². The third-order valence-electron chi connectivity index (χ3n) is 5.76. The first-order valence-corrected chi connectivity index (χ1v) is 10.0. The summed E-state index contributed by atoms with van der Waals surface area (Å²) in [6, 6.07) is 30.6. The lowest BCUT2D eigenvalue weighted by Crippen LogP contribution is -2.32. The van der Waals surface area contributed by atoms with E-state index in [1.807, 2.05) is 0 Å². The maximum atomic E-state index is 4.57. The number of fused-ring (bicyclic) bond motifs is 2. The van der Waals surface area contributed by atoms with Crippen LogP contribution in [0.25, 0.3) is 21.5 Å². The molecule has 0 saturated carbocycles. The minimum Gasteiger partial charge on any atom is -0.312 e. The summed E-state index contributed by atoms with van der Waals surface area (Å²) in [7, 11) is 0. The fraction of sp³-hybridized carbons (Fsp3) is 0.154. The molecule has 0 aromatic heterocycles. The van der Waals surface area contributed by atoms with Crippen LogP contribution in [0.15, 0.2) is 97.2 Å². The van der Waals surface area contributed by atoms with Gasteiger partial charge >= 0.3 is 0 Å². The minimum absolute atomic E-state index is 0.304. The monoisotopic (exact) mass is 364 g/mol. The van der Waals surface area contributed by atoms with Gasteiger partial charge in [-0.1, -0.05) is 79.4 Å². The van der Waals surface area contributed by atoms with E-state index in [9.17, 15) is 0 Å². The van der Waals surface area contributed by atoms with Crippen LogP contribution >= 0.6 is 0 Å². The van der Waals surface area contributed by atoms with Crippen LogP contribution in [-0.4, -0.2) is 12.6 Å². The van der Waals surface area contributed by atoms with E-state index in [1.165, 1.54) is 39.3 Å². The summed E-state index contributed by atoms with van der Waals surface area (Å²) in [5.41, 5.74) is 3.49. The van der Waals surface area contributed by atoms with Crippen LogP contribution in [0, 0.1) is 0 Å². The van der Waals surface area contributed by atoms with Gasteiger partial charge in [-0.15, -0.1) is 0 Å². The van der Waals surface area contributed by atoms with E-state index in [4.69, 9.17) is 0 Å². The van der Waals surface area contributed by atoms with E-state index in [0.717, 1.165) is 18.7 Å². The Labute approximate surface area is 166 Å². The van der Waals surface area contributed by atoms with Gasteiger partial charge in [0.15, 0.2) is 0 Å². The Morgan fingerprint density at radius 3 is 1.82 bits per heavy atom. The number of anilines is 2. The van der Waals surface area contributed by atoms with Crippen molar-refractivity contribution in [3.8, 4) is 0 Å². The molecule has 0 amide bonds. The minimum atomic E-state index is 0.304. The van der Waals surface area contributed by atoms with Crippen LogP contribution < -0.4 is 10.2 Å². The summed E-state index contributed by atoms with van der Waals surface area (Å²) in [5.74, 6) is 0. The summed E-state index contributed by atoms with van der Waals surface area (Å²) in [4.78, 5) is 2.37. The zero-order valence-electron chi connectivity index (χ0n) is 15.9. The maximum Gasteiger partial charge on any atom is 0.0537 e. The summed E-state index contributed by atoms with van der Waals surface area (Å²) in [5, 5.41) is 8.62. The van der Waals surface area contributed by atoms with Crippen molar-refractivity contribution in [2.24, 2.45) is 0 Å². The molecule has 1 aliphatic rings. The van der Waals surface area contributed by atoms with Gasteiger partial charge < -0.3 is 10.2 Å². The molecular formula is C26H24N2. The molecule has 5 rings (SSSR count). The van der Waals surface area contributed by atoms with Crippen molar-refractivity contribution in [1.82, 2.24) is 5.32 Å². The molecule has 0 bridgehead atoms. The molecule has 28 heavy (non-hydrogen) atoms. The first-order chi connectivity index (χ1) is 13.8. The predicted molar refractivity (Wildman–Crippen MR) is 120 cm³/mol. The van der Waals surface area contributed by atoms with Gasteiger partial charge in [0.2, 0.25) is 0 Å². The van der Waals surface area contributed by atoms with E-state index in [0.29, 0.717) is 6.04 Å². The molecule has 1 saturated heterocycles. The third kappa shape index (κ3) is 2.87. The zero-order valence-corrected chi connectivity index (χ0v) is 15.9. The summed E-state index contributed by atoms with van der Waals surface area (Å²) >= 11 is 0. The molecule has 1 aliphatic heterocycles. The predicted octanol–water partition coefficient (Wildman–Crippen LogP) is 6.40. The van der Waals surface area contributed by atoms with Crippen molar-refractivity contribution in [2.45, 2.75) is 18.9 Å². The highest BCUT2D eigenvalue weighted by molar-refractivity contribution is 6.02. The molecule has 0 aliphatic carbocycles. The molecule has 138 valence electrons. The molecule has 4 aromatic carbocycles. The molecular weight excluding hydrogens is 340 g/mol. The van der Waals surface area contributed by atoms with Crippen LogP contribution in [0.1, 0.15) is 12.8 Å². The van der Waals surface area contributed by atoms with Crippen LogP contribution in [0.5, 0.6) is 0 Å². The Hall–Kier alpha value is -3.10. The lowest BCUT2D eigenvalue weighted by molar-refractivity contribution is 0.679. The zero-order chi connectivity index (χ0) is 18.9. The van der Waals surface area contributed by atoms with Gasteiger partial charge in [-0.2, -0.15) is 0 Å². The maximum absolute atomic E-state index is 4.57. The Morgan fingerprint density at radius 2 is 1.29 bits per heavy atom. The largest absolute Gasteiger partial charge is 0.312 e. The van der Waals surface area contributed by atoms with Crippen molar-refractivity contribution in [1.29, 1.82) is 0 Å². The highest BCUT2D eigenvalue weighted by Gasteiger charge is 2.25. The van der Waals surface area contributed by atoms with Crippen molar-refractivity contribution >= 4 is 32.9 Å². The molecule has 1 atom stereocenters. The first kappa shape index (κ1) is 17.0. The van der Waals surface area contributed by atoms with Gasteiger partial charge in [-0.05, 0) is 42.3 Å². The van der Waals surface area contributed by atoms with Gasteiger partial charge in [0.25, 0.3) is 0 Å². The Bertz CT molecular complexity index is 1070. The SMILES string of the molecule is C=C(C1CCCN1)N(c1cccc2ccccc12)c1cccc2ccccc12. The molecule has 2 nitrogen and oxygen atoms in total. The van der Waals surface area contributed by atoms with Crippen LogP contribution in [-0.2, 0) is 0 Å². The van der Waals surface area contributed by atoms with E-state index in [1.54, 1.807) is 0 Å². The van der Waals surface area contributed by atoms with Gasteiger partial charge in [-0.25, -0.2) is 0 Å². The van der Waals surface area contributed by atoms with Gasteiger partial charge in [-0.3, -0.25) is 0 Å². The number of nitrogens with one attached hydrogen (secondary N) is 1. The van der Waals surface area contributed by atoms with Crippen molar-refractivity contribution in [2.75, 3.05) is 11.4 Å². The number of nitrogens with zero attached hydrogens (tertiary/aromatic N) is 1. The molecule has 0 spiro atoms. The number of benzene rings is 4.